The fourth-order valence-corrected chi connectivity index (χ4v) is 5.20. The van der Waals surface area contributed by atoms with Crippen LogP contribution < -0.4 is 10.2 Å². The van der Waals surface area contributed by atoms with Gasteiger partial charge in [0.05, 0.1) is 17.1 Å². The molecule has 1 aromatic carbocycles. The molecule has 0 radical (unpaired) electrons. The maximum Gasteiger partial charge on any atom is 0.404 e. The van der Waals surface area contributed by atoms with Crippen LogP contribution >= 0.6 is 11.6 Å². The number of carboxylic acid groups (broad SMARTS) is 1. The minimum Gasteiger partial charge on any atom is -0.465 e. The number of benzene rings is 1. The highest BCUT2D eigenvalue weighted by molar-refractivity contribution is 6.32. The van der Waals surface area contributed by atoms with E-state index in [1.807, 2.05) is 38.1 Å². The second-order valence-electron chi connectivity index (χ2n) is 7.79. The molecule has 0 unspecified atom stereocenters. The van der Waals surface area contributed by atoms with Crippen molar-refractivity contribution in [3.63, 3.8) is 0 Å². The standard InChI is InChI=1S/C20H21ClN4O3/c1-10-3-4-11(2)25(10)19-14-7-13(21)8-16(18(14)28-23-19)24-9-12-5-6-15(24)17(12)22-20(26)27/h3-4,7-8,12,15,17,22H,5-6,9H2,1-2H3,(H,26,27)/t12-,15-,17+/m0/s1. The zero-order chi connectivity index (χ0) is 19.6. The quantitative estimate of drug-likeness (QED) is 0.690. The number of fused-ring (bicyclic) bond motifs is 3. The van der Waals surface area contributed by atoms with Gasteiger partial charge in [0.15, 0.2) is 11.4 Å². The molecular weight excluding hydrogens is 380 g/mol. The average molecular weight is 401 g/mol. The van der Waals surface area contributed by atoms with Crippen molar-refractivity contribution in [2.75, 3.05) is 11.4 Å². The maximum atomic E-state index is 11.2. The van der Waals surface area contributed by atoms with Gasteiger partial charge in [0.2, 0.25) is 0 Å². The van der Waals surface area contributed by atoms with Crippen molar-refractivity contribution < 1.29 is 14.4 Å². The first-order valence-corrected chi connectivity index (χ1v) is 9.82. The van der Waals surface area contributed by atoms with Gasteiger partial charge in [0, 0.05) is 29.0 Å². The number of hydrogen-bond acceptors (Lipinski definition) is 4. The van der Waals surface area contributed by atoms with Gasteiger partial charge in [-0.2, -0.15) is 0 Å². The molecule has 3 heterocycles. The van der Waals surface area contributed by atoms with E-state index in [0.29, 0.717) is 16.5 Å². The molecule has 2 aromatic heterocycles. The molecule has 2 fully saturated rings. The summed E-state index contributed by atoms with van der Waals surface area (Å²) in [5.74, 6) is 1.02. The first-order chi connectivity index (χ1) is 13.4. The van der Waals surface area contributed by atoms with Crippen LogP contribution in [0.15, 0.2) is 28.8 Å². The van der Waals surface area contributed by atoms with Crippen LogP contribution in [-0.2, 0) is 0 Å². The zero-order valence-corrected chi connectivity index (χ0v) is 16.4. The molecule has 1 saturated heterocycles. The summed E-state index contributed by atoms with van der Waals surface area (Å²) in [6.07, 6.45) is 1.00. The van der Waals surface area contributed by atoms with E-state index in [0.717, 1.165) is 47.7 Å². The number of amides is 1. The second kappa shape index (κ2) is 6.17. The van der Waals surface area contributed by atoms with E-state index in [4.69, 9.17) is 16.1 Å². The Balaban J connectivity index is 1.61. The van der Waals surface area contributed by atoms with Gasteiger partial charge in [-0.15, -0.1) is 0 Å². The zero-order valence-electron chi connectivity index (χ0n) is 15.6. The first kappa shape index (κ1) is 17.4. The van der Waals surface area contributed by atoms with Crippen molar-refractivity contribution in [3.8, 4) is 5.82 Å². The van der Waals surface area contributed by atoms with Gasteiger partial charge in [-0.05, 0) is 56.9 Å². The lowest BCUT2D eigenvalue weighted by atomic mass is 10.1. The average Bonchev–Trinajstić information content (AvgIpc) is 3.39. The summed E-state index contributed by atoms with van der Waals surface area (Å²) in [4.78, 5) is 13.4. The van der Waals surface area contributed by atoms with Crippen LogP contribution in [0.1, 0.15) is 24.2 Å². The molecule has 146 valence electrons. The van der Waals surface area contributed by atoms with Crippen LogP contribution in [-0.4, -0.2) is 39.6 Å². The number of nitrogens with zero attached hydrogens (tertiary/aromatic N) is 3. The largest absolute Gasteiger partial charge is 0.465 e. The minimum absolute atomic E-state index is 0.0668. The SMILES string of the molecule is Cc1ccc(C)n1-c1noc2c(N3C[C@@H]4CC[C@H]3[C@@H]4NC(=O)O)cc(Cl)cc12. The Morgan fingerprint density at radius 2 is 2.04 bits per heavy atom. The van der Waals surface area contributed by atoms with E-state index in [9.17, 15) is 9.90 Å². The van der Waals surface area contributed by atoms with Crippen LogP contribution in [0.5, 0.6) is 0 Å². The maximum absolute atomic E-state index is 11.2. The monoisotopic (exact) mass is 400 g/mol. The molecule has 2 aliphatic rings. The molecule has 1 aliphatic carbocycles. The number of halogens is 1. The van der Waals surface area contributed by atoms with Crippen molar-refractivity contribution in [1.29, 1.82) is 0 Å². The Morgan fingerprint density at radius 3 is 2.75 bits per heavy atom. The molecule has 28 heavy (non-hydrogen) atoms. The van der Waals surface area contributed by atoms with Crippen LogP contribution in [0.4, 0.5) is 10.5 Å². The summed E-state index contributed by atoms with van der Waals surface area (Å²) < 4.78 is 7.85. The van der Waals surface area contributed by atoms with E-state index in [2.05, 4.69) is 19.9 Å². The number of aryl methyl sites for hydroxylation is 2. The second-order valence-corrected chi connectivity index (χ2v) is 8.23. The van der Waals surface area contributed by atoms with Crippen molar-refractivity contribution in [2.24, 2.45) is 5.92 Å². The topological polar surface area (TPSA) is 83.5 Å². The summed E-state index contributed by atoms with van der Waals surface area (Å²) in [5, 5.41) is 17.7. The highest BCUT2D eigenvalue weighted by atomic mass is 35.5. The predicted molar refractivity (Wildman–Crippen MR) is 107 cm³/mol. The Kier molecular flexibility index (Phi) is 3.84. The lowest BCUT2D eigenvalue weighted by molar-refractivity contribution is 0.188. The Bertz CT molecular complexity index is 1070. The summed E-state index contributed by atoms with van der Waals surface area (Å²) in [5.41, 5.74) is 3.71. The van der Waals surface area contributed by atoms with E-state index < -0.39 is 6.09 Å². The number of anilines is 1. The number of piperidine rings is 1. The van der Waals surface area contributed by atoms with Gasteiger partial charge in [-0.1, -0.05) is 16.8 Å². The molecule has 7 nitrogen and oxygen atoms in total. The van der Waals surface area contributed by atoms with Gasteiger partial charge < -0.3 is 19.8 Å². The lowest BCUT2D eigenvalue weighted by Crippen LogP contribution is -2.43. The lowest BCUT2D eigenvalue weighted by Gasteiger charge is -2.29. The molecule has 8 heteroatoms. The molecule has 1 amide bonds. The fraction of sp³-hybridized carbons (Fsp3) is 0.400. The van der Waals surface area contributed by atoms with Gasteiger partial charge in [-0.3, -0.25) is 4.57 Å². The van der Waals surface area contributed by atoms with Gasteiger partial charge >= 0.3 is 6.09 Å². The molecule has 0 spiro atoms. The van der Waals surface area contributed by atoms with Crippen LogP contribution in [0.2, 0.25) is 5.02 Å². The molecule has 2 N–H and O–H groups in total. The first-order valence-electron chi connectivity index (χ1n) is 9.44. The van der Waals surface area contributed by atoms with Crippen LogP contribution in [0, 0.1) is 19.8 Å². The summed E-state index contributed by atoms with van der Waals surface area (Å²) in [7, 11) is 0. The number of carbonyl (C=O) groups is 1. The van der Waals surface area contributed by atoms with Crippen molar-refractivity contribution in [1.82, 2.24) is 15.0 Å². The molecule has 3 aromatic rings. The summed E-state index contributed by atoms with van der Waals surface area (Å²) in [6, 6.07) is 7.90. The molecule has 1 saturated carbocycles. The number of rotatable bonds is 3. The van der Waals surface area contributed by atoms with Crippen LogP contribution in [0.25, 0.3) is 16.8 Å². The smallest absolute Gasteiger partial charge is 0.404 e. The molecule has 1 aliphatic heterocycles. The normalized spacial score (nSPS) is 23.7. The Hall–Kier alpha value is -2.67. The minimum atomic E-state index is -0.972. The highest BCUT2D eigenvalue weighted by Gasteiger charge is 2.48. The van der Waals surface area contributed by atoms with E-state index in [1.165, 1.54) is 0 Å². The molecule has 5 rings (SSSR count). The summed E-state index contributed by atoms with van der Waals surface area (Å²) in [6.45, 7) is 4.84. The van der Waals surface area contributed by atoms with E-state index in [-0.39, 0.29) is 12.1 Å². The third-order valence-corrected chi connectivity index (χ3v) is 6.39. The van der Waals surface area contributed by atoms with E-state index >= 15 is 0 Å². The van der Waals surface area contributed by atoms with E-state index in [1.54, 1.807) is 0 Å². The molecule has 3 atom stereocenters. The van der Waals surface area contributed by atoms with Crippen LogP contribution in [0.3, 0.4) is 0 Å². The molecule has 2 bridgehead atoms. The van der Waals surface area contributed by atoms with Gasteiger partial charge in [0.1, 0.15) is 0 Å². The Labute approximate surface area is 166 Å². The highest BCUT2D eigenvalue weighted by Crippen LogP contribution is 2.44. The number of nitrogens with one attached hydrogen (secondary N) is 1. The number of hydrogen-bond donors (Lipinski definition) is 2. The van der Waals surface area contributed by atoms with Crippen molar-refractivity contribution in [3.05, 3.63) is 40.7 Å². The van der Waals surface area contributed by atoms with Gasteiger partial charge in [-0.25, -0.2) is 4.79 Å². The predicted octanol–water partition coefficient (Wildman–Crippen LogP) is 4.12. The third-order valence-electron chi connectivity index (χ3n) is 6.17. The van der Waals surface area contributed by atoms with Crippen molar-refractivity contribution in [2.45, 2.75) is 38.8 Å². The number of aromatic nitrogens is 2. The van der Waals surface area contributed by atoms with Crippen molar-refractivity contribution >= 4 is 34.4 Å². The Morgan fingerprint density at radius 1 is 1.29 bits per heavy atom. The van der Waals surface area contributed by atoms with Gasteiger partial charge in [0.25, 0.3) is 0 Å². The fourth-order valence-electron chi connectivity index (χ4n) is 4.99. The molecular formula is C20H21ClN4O3. The third kappa shape index (κ3) is 2.49. The summed E-state index contributed by atoms with van der Waals surface area (Å²) >= 11 is 6.48.